The largest absolute Gasteiger partial charge is 0.435 e. The maximum Gasteiger partial charge on any atom is 0.435 e. The van der Waals surface area contributed by atoms with Crippen molar-refractivity contribution in [1.29, 1.82) is 0 Å². The highest BCUT2D eigenvalue weighted by atomic mass is 19.4. The van der Waals surface area contributed by atoms with Crippen molar-refractivity contribution in [2.45, 2.75) is 38.5 Å². The molecule has 0 saturated heterocycles. The number of aromatic nitrogens is 2. The molecule has 1 aromatic rings. The van der Waals surface area contributed by atoms with Crippen molar-refractivity contribution in [3.05, 3.63) is 17.5 Å². The molecule has 0 aliphatic heterocycles. The van der Waals surface area contributed by atoms with Gasteiger partial charge in [0.1, 0.15) is 0 Å². The summed E-state index contributed by atoms with van der Waals surface area (Å²) < 4.78 is 39.5. The molecule has 114 valence electrons. The van der Waals surface area contributed by atoms with E-state index in [0.717, 1.165) is 11.1 Å². The number of aryl methyl sites for hydroxylation is 1. The minimum atomic E-state index is -4.54. The van der Waals surface area contributed by atoms with Crippen LogP contribution in [-0.2, 0) is 24.6 Å². The Labute approximate surface area is 115 Å². The van der Waals surface area contributed by atoms with Crippen LogP contribution < -0.4 is 5.73 Å². The highest BCUT2D eigenvalue weighted by Crippen LogP contribution is 2.31. The maximum atomic E-state index is 12.8. The number of nitrogens with two attached hydrogens (primary N) is 1. The Morgan fingerprint density at radius 1 is 1.55 bits per heavy atom. The number of amides is 1. The number of likely N-dealkylation sites (N-methyl/N-ethyl adjacent to an activating group) is 1. The van der Waals surface area contributed by atoms with Gasteiger partial charge < -0.3 is 10.6 Å². The molecule has 1 rings (SSSR count). The number of halogens is 3. The second-order valence-corrected chi connectivity index (χ2v) is 4.76. The van der Waals surface area contributed by atoms with Crippen molar-refractivity contribution in [3.8, 4) is 0 Å². The van der Waals surface area contributed by atoms with Gasteiger partial charge in [-0.15, -0.1) is 0 Å². The summed E-state index contributed by atoms with van der Waals surface area (Å²) in [5, 5.41) is 3.40. The molecule has 0 saturated carbocycles. The smallest absolute Gasteiger partial charge is 0.340 e. The van der Waals surface area contributed by atoms with Gasteiger partial charge in [-0.1, -0.05) is 13.3 Å². The lowest BCUT2D eigenvalue weighted by molar-refractivity contribution is -0.143. The molecular formula is C12H19F3N4O. The third kappa shape index (κ3) is 3.96. The van der Waals surface area contributed by atoms with E-state index in [9.17, 15) is 18.0 Å². The van der Waals surface area contributed by atoms with Crippen LogP contribution in [0.15, 0.2) is 6.20 Å². The molecule has 1 unspecified atom stereocenters. The van der Waals surface area contributed by atoms with E-state index in [0.29, 0.717) is 6.42 Å². The second kappa shape index (κ2) is 6.25. The fourth-order valence-corrected chi connectivity index (χ4v) is 1.94. The second-order valence-electron chi connectivity index (χ2n) is 4.76. The molecule has 1 amide bonds. The van der Waals surface area contributed by atoms with Crippen molar-refractivity contribution in [3.63, 3.8) is 0 Å². The van der Waals surface area contributed by atoms with E-state index in [2.05, 4.69) is 5.10 Å². The van der Waals surface area contributed by atoms with Crippen LogP contribution in [0, 0.1) is 0 Å². The number of nitrogens with zero attached hydrogens (tertiary/aromatic N) is 3. The predicted molar refractivity (Wildman–Crippen MR) is 67.6 cm³/mol. The molecule has 0 spiro atoms. The molecule has 2 N–H and O–H groups in total. The van der Waals surface area contributed by atoms with Crippen LogP contribution in [0.25, 0.3) is 0 Å². The minimum Gasteiger partial charge on any atom is -0.340 e. The monoisotopic (exact) mass is 292 g/mol. The zero-order valence-corrected chi connectivity index (χ0v) is 11.7. The molecule has 20 heavy (non-hydrogen) atoms. The van der Waals surface area contributed by atoms with E-state index in [4.69, 9.17) is 5.73 Å². The SMILES string of the molecule is CCCC(N)C(=O)N(C)Cc1cn(C)nc1C(F)(F)F. The average Bonchev–Trinajstić information content (AvgIpc) is 2.69. The molecule has 1 aromatic heterocycles. The summed E-state index contributed by atoms with van der Waals surface area (Å²) in [6.45, 7) is 1.72. The van der Waals surface area contributed by atoms with E-state index in [1.807, 2.05) is 6.92 Å². The molecule has 0 aliphatic carbocycles. The van der Waals surface area contributed by atoms with Crippen LogP contribution in [-0.4, -0.2) is 33.7 Å². The molecule has 5 nitrogen and oxygen atoms in total. The fraction of sp³-hybridized carbons (Fsp3) is 0.667. The van der Waals surface area contributed by atoms with Gasteiger partial charge in [0.25, 0.3) is 0 Å². The van der Waals surface area contributed by atoms with Crippen molar-refractivity contribution in [2.24, 2.45) is 12.8 Å². The van der Waals surface area contributed by atoms with Crippen LogP contribution in [0.3, 0.4) is 0 Å². The van der Waals surface area contributed by atoms with Crippen LogP contribution >= 0.6 is 0 Å². The first kappa shape index (κ1) is 16.5. The van der Waals surface area contributed by atoms with Gasteiger partial charge in [0.15, 0.2) is 5.69 Å². The van der Waals surface area contributed by atoms with Gasteiger partial charge in [-0.05, 0) is 6.42 Å². The Morgan fingerprint density at radius 2 is 2.15 bits per heavy atom. The third-order valence-electron chi connectivity index (χ3n) is 2.87. The first-order valence-electron chi connectivity index (χ1n) is 6.27. The van der Waals surface area contributed by atoms with Crippen molar-refractivity contribution in [2.75, 3.05) is 7.05 Å². The third-order valence-corrected chi connectivity index (χ3v) is 2.87. The molecule has 0 fully saturated rings. The Hall–Kier alpha value is -1.57. The number of carbonyl (C=O) groups is 1. The lowest BCUT2D eigenvalue weighted by Gasteiger charge is -2.21. The summed E-state index contributed by atoms with van der Waals surface area (Å²) in [5.74, 6) is -0.371. The fourth-order valence-electron chi connectivity index (χ4n) is 1.94. The highest BCUT2D eigenvalue weighted by molar-refractivity contribution is 5.81. The minimum absolute atomic E-state index is 0.0421. The highest BCUT2D eigenvalue weighted by Gasteiger charge is 2.37. The van der Waals surface area contributed by atoms with Crippen molar-refractivity contribution >= 4 is 5.91 Å². The average molecular weight is 292 g/mol. The standard InChI is InChI=1S/C12H19F3N4O/c1-4-5-9(16)11(20)18(2)6-8-7-19(3)17-10(8)12(13,14)15/h7,9H,4-6,16H2,1-3H3. The van der Waals surface area contributed by atoms with Crippen LogP contribution in [0.1, 0.15) is 31.0 Å². The quantitative estimate of drug-likeness (QED) is 0.895. The Balaban J connectivity index is 2.86. The first-order chi connectivity index (χ1) is 9.16. The van der Waals surface area contributed by atoms with Crippen LogP contribution in [0.4, 0.5) is 13.2 Å². The number of alkyl halides is 3. The Morgan fingerprint density at radius 3 is 2.65 bits per heavy atom. The summed E-state index contributed by atoms with van der Waals surface area (Å²) in [5.41, 5.74) is 4.67. The molecule has 8 heteroatoms. The lowest BCUT2D eigenvalue weighted by Crippen LogP contribution is -2.41. The first-order valence-corrected chi connectivity index (χ1v) is 6.27. The number of rotatable bonds is 5. The summed E-state index contributed by atoms with van der Waals surface area (Å²) in [6.07, 6.45) is -2.03. The number of hydrogen-bond donors (Lipinski definition) is 1. The Kier molecular flexibility index (Phi) is 5.15. The topological polar surface area (TPSA) is 64.2 Å². The van der Waals surface area contributed by atoms with Crippen molar-refractivity contribution < 1.29 is 18.0 Å². The van der Waals surface area contributed by atoms with E-state index in [1.165, 1.54) is 25.2 Å². The van der Waals surface area contributed by atoms with Crippen LogP contribution in [0.2, 0.25) is 0 Å². The summed E-state index contributed by atoms with van der Waals surface area (Å²) in [4.78, 5) is 13.1. The van der Waals surface area contributed by atoms with E-state index >= 15 is 0 Å². The number of hydrogen-bond acceptors (Lipinski definition) is 3. The summed E-state index contributed by atoms with van der Waals surface area (Å²) in [6, 6.07) is -0.684. The lowest BCUT2D eigenvalue weighted by atomic mass is 10.1. The van der Waals surface area contributed by atoms with Gasteiger partial charge in [0, 0.05) is 32.4 Å². The van der Waals surface area contributed by atoms with Gasteiger partial charge in [0.2, 0.25) is 5.91 Å². The Bertz CT molecular complexity index is 470. The molecule has 0 bridgehead atoms. The summed E-state index contributed by atoms with van der Waals surface area (Å²) >= 11 is 0. The van der Waals surface area contributed by atoms with Gasteiger partial charge in [-0.25, -0.2) is 0 Å². The molecule has 0 radical (unpaired) electrons. The molecule has 0 aliphatic rings. The normalized spacial score (nSPS) is 13.3. The van der Waals surface area contributed by atoms with Gasteiger partial charge in [-0.3, -0.25) is 9.48 Å². The van der Waals surface area contributed by atoms with E-state index < -0.39 is 17.9 Å². The zero-order valence-electron chi connectivity index (χ0n) is 11.7. The summed E-state index contributed by atoms with van der Waals surface area (Å²) in [7, 11) is 2.84. The molecule has 1 heterocycles. The maximum absolute atomic E-state index is 12.8. The van der Waals surface area contributed by atoms with Gasteiger partial charge in [-0.2, -0.15) is 18.3 Å². The van der Waals surface area contributed by atoms with Gasteiger partial charge >= 0.3 is 6.18 Å². The van der Waals surface area contributed by atoms with Crippen molar-refractivity contribution in [1.82, 2.24) is 14.7 Å². The zero-order chi connectivity index (χ0) is 15.5. The van der Waals surface area contributed by atoms with E-state index in [1.54, 1.807) is 0 Å². The van der Waals surface area contributed by atoms with Gasteiger partial charge in [0.05, 0.1) is 6.04 Å². The van der Waals surface area contributed by atoms with E-state index in [-0.39, 0.29) is 18.0 Å². The molecule has 0 aromatic carbocycles. The predicted octanol–water partition coefficient (Wildman–Crippen LogP) is 1.52. The molecular weight excluding hydrogens is 273 g/mol. The number of carbonyl (C=O) groups excluding carboxylic acids is 1. The van der Waals surface area contributed by atoms with Crippen LogP contribution in [0.5, 0.6) is 0 Å². The molecule has 1 atom stereocenters.